The molecule has 1 aromatic carbocycles. The predicted octanol–water partition coefficient (Wildman–Crippen LogP) is 2.30. The van der Waals surface area contributed by atoms with Gasteiger partial charge < -0.3 is 15.4 Å². The third kappa shape index (κ3) is 2.77. The Kier molecular flexibility index (Phi) is 3.75. The standard InChI is InChI=1S/C14H18BrN3O/c15-11-5-3-10(4-6-11)13-8-17-14(16)18(13)9-12-2-1-7-19-12/h3-6,12-13H,1-2,7-9H2,(H2,16,17). The summed E-state index contributed by atoms with van der Waals surface area (Å²) in [6.45, 7) is 2.45. The first-order valence-electron chi connectivity index (χ1n) is 6.67. The maximum Gasteiger partial charge on any atom is 0.192 e. The molecule has 0 saturated carbocycles. The fraction of sp³-hybridized carbons (Fsp3) is 0.500. The lowest BCUT2D eigenvalue weighted by Crippen LogP contribution is -2.41. The fourth-order valence-electron chi connectivity index (χ4n) is 2.73. The fourth-order valence-corrected chi connectivity index (χ4v) is 2.99. The van der Waals surface area contributed by atoms with E-state index < -0.39 is 0 Å². The maximum atomic E-state index is 6.03. The van der Waals surface area contributed by atoms with Gasteiger partial charge in [-0.25, -0.2) is 0 Å². The molecule has 2 aliphatic heterocycles. The molecule has 2 atom stereocenters. The number of halogens is 1. The van der Waals surface area contributed by atoms with Crippen molar-refractivity contribution in [2.24, 2.45) is 10.7 Å². The first-order chi connectivity index (χ1) is 9.24. The quantitative estimate of drug-likeness (QED) is 0.928. The summed E-state index contributed by atoms with van der Waals surface area (Å²) in [6, 6.07) is 8.64. The van der Waals surface area contributed by atoms with Crippen LogP contribution in [0.4, 0.5) is 0 Å². The van der Waals surface area contributed by atoms with Crippen LogP contribution in [0.25, 0.3) is 0 Å². The summed E-state index contributed by atoms with van der Waals surface area (Å²) in [7, 11) is 0. The molecule has 2 unspecified atom stereocenters. The lowest BCUT2D eigenvalue weighted by atomic mass is 10.1. The van der Waals surface area contributed by atoms with E-state index in [2.05, 4.69) is 50.1 Å². The Morgan fingerprint density at radius 2 is 2.16 bits per heavy atom. The highest BCUT2D eigenvalue weighted by Gasteiger charge is 2.30. The number of ether oxygens (including phenoxy) is 1. The van der Waals surface area contributed by atoms with E-state index in [1.54, 1.807) is 0 Å². The van der Waals surface area contributed by atoms with Crippen molar-refractivity contribution in [2.75, 3.05) is 19.7 Å². The number of aliphatic imine (C=N–C) groups is 1. The van der Waals surface area contributed by atoms with Crippen LogP contribution in [0.3, 0.4) is 0 Å². The Labute approximate surface area is 121 Å². The molecule has 2 heterocycles. The molecule has 19 heavy (non-hydrogen) atoms. The lowest BCUT2D eigenvalue weighted by Gasteiger charge is -2.28. The molecule has 4 nitrogen and oxygen atoms in total. The molecule has 1 saturated heterocycles. The lowest BCUT2D eigenvalue weighted by molar-refractivity contribution is 0.0853. The van der Waals surface area contributed by atoms with Crippen molar-refractivity contribution in [1.82, 2.24) is 4.90 Å². The number of nitrogens with zero attached hydrogens (tertiary/aromatic N) is 2. The van der Waals surface area contributed by atoms with Gasteiger partial charge in [-0.2, -0.15) is 0 Å². The van der Waals surface area contributed by atoms with Crippen LogP contribution in [-0.4, -0.2) is 36.7 Å². The molecule has 0 aromatic heterocycles. The van der Waals surface area contributed by atoms with Gasteiger partial charge in [0.2, 0.25) is 0 Å². The summed E-state index contributed by atoms with van der Waals surface area (Å²) in [6.07, 6.45) is 2.57. The third-order valence-corrected chi connectivity index (χ3v) is 4.30. The predicted molar refractivity (Wildman–Crippen MR) is 79.1 cm³/mol. The highest BCUT2D eigenvalue weighted by atomic mass is 79.9. The van der Waals surface area contributed by atoms with E-state index in [0.717, 1.165) is 37.0 Å². The SMILES string of the molecule is NC1=NCC(c2ccc(Br)cc2)N1CC1CCCO1. The molecule has 0 amide bonds. The van der Waals surface area contributed by atoms with Crippen LogP contribution in [0.15, 0.2) is 33.7 Å². The van der Waals surface area contributed by atoms with Crippen molar-refractivity contribution in [1.29, 1.82) is 0 Å². The number of guanidine groups is 1. The first-order valence-corrected chi connectivity index (χ1v) is 7.47. The van der Waals surface area contributed by atoms with Gasteiger partial charge in [-0.3, -0.25) is 4.99 Å². The van der Waals surface area contributed by atoms with Crippen molar-refractivity contribution in [3.05, 3.63) is 34.3 Å². The average molecular weight is 324 g/mol. The molecular formula is C14H18BrN3O. The van der Waals surface area contributed by atoms with Gasteiger partial charge in [0.25, 0.3) is 0 Å². The Hall–Kier alpha value is -1.07. The van der Waals surface area contributed by atoms with Gasteiger partial charge in [0.15, 0.2) is 5.96 Å². The van der Waals surface area contributed by atoms with Crippen LogP contribution < -0.4 is 5.73 Å². The summed E-state index contributed by atoms with van der Waals surface area (Å²) >= 11 is 3.47. The van der Waals surface area contributed by atoms with Crippen LogP contribution in [-0.2, 0) is 4.74 Å². The van der Waals surface area contributed by atoms with Gasteiger partial charge in [-0.05, 0) is 30.5 Å². The highest BCUT2D eigenvalue weighted by Crippen LogP contribution is 2.28. The zero-order valence-electron chi connectivity index (χ0n) is 10.8. The van der Waals surface area contributed by atoms with E-state index >= 15 is 0 Å². The van der Waals surface area contributed by atoms with Crippen molar-refractivity contribution in [3.63, 3.8) is 0 Å². The molecule has 5 heteroatoms. The second kappa shape index (κ2) is 5.51. The number of hydrogen-bond acceptors (Lipinski definition) is 4. The Morgan fingerprint density at radius 1 is 1.37 bits per heavy atom. The van der Waals surface area contributed by atoms with E-state index in [4.69, 9.17) is 10.5 Å². The summed E-state index contributed by atoms with van der Waals surface area (Å²) in [5, 5.41) is 0. The molecule has 0 radical (unpaired) electrons. The monoisotopic (exact) mass is 323 g/mol. The molecule has 0 aliphatic carbocycles. The van der Waals surface area contributed by atoms with E-state index in [0.29, 0.717) is 12.1 Å². The number of rotatable bonds is 3. The molecule has 0 bridgehead atoms. The molecular weight excluding hydrogens is 306 g/mol. The zero-order valence-corrected chi connectivity index (χ0v) is 12.3. The van der Waals surface area contributed by atoms with Gasteiger partial charge >= 0.3 is 0 Å². The normalized spacial score (nSPS) is 26.8. The van der Waals surface area contributed by atoms with Crippen LogP contribution in [0.2, 0.25) is 0 Å². The van der Waals surface area contributed by atoms with E-state index in [1.807, 2.05) is 0 Å². The van der Waals surface area contributed by atoms with Gasteiger partial charge in [-0.15, -0.1) is 0 Å². The van der Waals surface area contributed by atoms with Crippen molar-refractivity contribution < 1.29 is 4.74 Å². The molecule has 2 aliphatic rings. The van der Waals surface area contributed by atoms with Gasteiger partial charge in [0.1, 0.15) is 0 Å². The minimum absolute atomic E-state index is 0.247. The Balaban J connectivity index is 1.75. The smallest absolute Gasteiger partial charge is 0.192 e. The average Bonchev–Trinajstić information content (AvgIpc) is 3.03. The van der Waals surface area contributed by atoms with Crippen molar-refractivity contribution >= 4 is 21.9 Å². The van der Waals surface area contributed by atoms with Crippen LogP contribution >= 0.6 is 15.9 Å². The second-order valence-corrected chi connectivity index (χ2v) is 5.97. The maximum absolute atomic E-state index is 6.03. The van der Waals surface area contributed by atoms with Gasteiger partial charge in [-0.1, -0.05) is 28.1 Å². The highest BCUT2D eigenvalue weighted by molar-refractivity contribution is 9.10. The molecule has 1 aromatic rings. The third-order valence-electron chi connectivity index (χ3n) is 3.78. The summed E-state index contributed by atoms with van der Waals surface area (Å²) in [4.78, 5) is 6.57. The van der Waals surface area contributed by atoms with Crippen LogP contribution in [0.1, 0.15) is 24.4 Å². The Morgan fingerprint density at radius 3 is 2.84 bits per heavy atom. The summed E-state index contributed by atoms with van der Waals surface area (Å²) in [5.74, 6) is 0.642. The molecule has 102 valence electrons. The van der Waals surface area contributed by atoms with Crippen molar-refractivity contribution in [3.8, 4) is 0 Å². The minimum Gasteiger partial charge on any atom is -0.376 e. The number of benzene rings is 1. The van der Waals surface area contributed by atoms with Crippen LogP contribution in [0.5, 0.6) is 0 Å². The minimum atomic E-state index is 0.247. The van der Waals surface area contributed by atoms with E-state index in [1.165, 1.54) is 5.56 Å². The molecule has 0 spiro atoms. The number of nitrogens with two attached hydrogens (primary N) is 1. The van der Waals surface area contributed by atoms with Gasteiger partial charge in [0.05, 0.1) is 18.7 Å². The topological polar surface area (TPSA) is 50.8 Å². The van der Waals surface area contributed by atoms with E-state index in [-0.39, 0.29) is 6.04 Å². The van der Waals surface area contributed by atoms with Crippen LogP contribution in [0, 0.1) is 0 Å². The molecule has 1 fully saturated rings. The largest absolute Gasteiger partial charge is 0.376 e. The zero-order chi connectivity index (χ0) is 13.2. The molecule has 2 N–H and O–H groups in total. The van der Waals surface area contributed by atoms with E-state index in [9.17, 15) is 0 Å². The number of hydrogen-bond donors (Lipinski definition) is 1. The first kappa shape index (κ1) is 12.9. The summed E-state index contributed by atoms with van der Waals surface area (Å²) in [5.41, 5.74) is 7.28. The van der Waals surface area contributed by atoms with Gasteiger partial charge in [0, 0.05) is 17.6 Å². The van der Waals surface area contributed by atoms with Crippen molar-refractivity contribution in [2.45, 2.75) is 25.0 Å². The Bertz CT molecular complexity index is 468. The molecule has 3 rings (SSSR count). The summed E-state index contributed by atoms with van der Waals surface area (Å²) < 4.78 is 6.80. The second-order valence-electron chi connectivity index (χ2n) is 5.05.